The van der Waals surface area contributed by atoms with Crippen molar-refractivity contribution in [1.29, 1.82) is 0 Å². The van der Waals surface area contributed by atoms with Crippen LogP contribution >= 0.6 is 0 Å². The molecule has 412 valence electrons. The number of methoxy groups -OCH3 is 2. The predicted molar refractivity (Wildman–Crippen MR) is 290 cm³/mol. The molecular formula is C54H64N12O10S2. The van der Waals surface area contributed by atoms with E-state index in [-0.39, 0.29) is 49.7 Å². The molecule has 0 saturated heterocycles. The normalized spacial score (nSPS) is 13.3. The molecule has 0 unspecified atom stereocenters. The highest BCUT2D eigenvalue weighted by atomic mass is 32.2. The molecule has 8 aromatic rings. The Bertz CT molecular complexity index is 3310. The summed E-state index contributed by atoms with van der Waals surface area (Å²) in [4.78, 5) is 26.3. The molecule has 22 nitrogen and oxygen atoms in total. The van der Waals surface area contributed by atoms with E-state index in [1.807, 2.05) is 90.1 Å². The number of para-hydroxylation sites is 2. The summed E-state index contributed by atoms with van der Waals surface area (Å²) >= 11 is 0. The maximum absolute atomic E-state index is 13.8. The average Bonchev–Trinajstić information content (AvgIpc) is 4.08. The monoisotopic (exact) mass is 1100 g/mol. The van der Waals surface area contributed by atoms with Gasteiger partial charge in [-0.3, -0.25) is 9.13 Å². The molecule has 2 N–H and O–H groups in total. The zero-order valence-corrected chi connectivity index (χ0v) is 46.8. The highest BCUT2D eigenvalue weighted by molar-refractivity contribution is 7.91. The van der Waals surface area contributed by atoms with Crippen LogP contribution in [0.15, 0.2) is 97.6 Å². The van der Waals surface area contributed by atoms with Gasteiger partial charge in [-0.25, -0.2) is 46.7 Å². The molecule has 0 spiro atoms. The lowest BCUT2D eigenvalue weighted by Gasteiger charge is -2.23. The van der Waals surface area contributed by atoms with Crippen LogP contribution in [0.1, 0.15) is 83.0 Å². The van der Waals surface area contributed by atoms with Gasteiger partial charge in [0.2, 0.25) is 0 Å². The van der Waals surface area contributed by atoms with Crippen molar-refractivity contribution in [2.75, 3.05) is 40.6 Å². The third-order valence-corrected chi connectivity index (χ3v) is 16.6. The Kier molecular flexibility index (Phi) is 19.2. The zero-order valence-electron chi connectivity index (χ0n) is 45.1. The number of aliphatic hydroxyl groups excluding tert-OH is 2. The molecule has 0 aliphatic heterocycles. The first-order valence-corrected chi connectivity index (χ1v) is 28.2. The van der Waals surface area contributed by atoms with Gasteiger partial charge in [0, 0.05) is 36.2 Å². The summed E-state index contributed by atoms with van der Waals surface area (Å²) in [5.41, 5.74) is 7.22. The number of aryl methyl sites for hydroxylation is 6. The number of hydrogen-bond acceptors (Lipinski definition) is 20. The average molecular weight is 1110 g/mol. The van der Waals surface area contributed by atoms with Gasteiger partial charge < -0.3 is 29.2 Å². The molecule has 6 heterocycles. The maximum Gasteiger partial charge on any atom is 0.187 e. The summed E-state index contributed by atoms with van der Waals surface area (Å²) in [5, 5.41) is 33.9. The molecule has 24 heteroatoms. The van der Waals surface area contributed by atoms with Gasteiger partial charge in [-0.15, -0.1) is 20.4 Å². The van der Waals surface area contributed by atoms with E-state index in [1.54, 1.807) is 86.3 Å². The second-order valence-corrected chi connectivity index (χ2v) is 23.1. The quantitative estimate of drug-likeness (QED) is 0.0762. The number of nitrogens with zero attached hydrogens (tertiary/aromatic N) is 12. The number of aliphatic hydroxyl groups is 2. The van der Waals surface area contributed by atoms with E-state index < -0.39 is 53.9 Å². The highest BCUT2D eigenvalue weighted by Gasteiger charge is 2.37. The summed E-state index contributed by atoms with van der Waals surface area (Å²) < 4.78 is 81.5. The molecule has 0 saturated carbocycles. The highest BCUT2D eigenvalue weighted by Crippen LogP contribution is 2.36. The number of aromatic nitrogens is 12. The van der Waals surface area contributed by atoms with E-state index in [4.69, 9.17) is 18.9 Å². The maximum atomic E-state index is 13.8. The van der Waals surface area contributed by atoms with Crippen LogP contribution in [0.25, 0.3) is 34.4 Å². The fourth-order valence-electron chi connectivity index (χ4n) is 8.42. The van der Waals surface area contributed by atoms with Gasteiger partial charge in [-0.2, -0.15) is 0 Å². The minimum atomic E-state index is -3.91. The zero-order chi connectivity index (χ0) is 56.3. The smallest absolute Gasteiger partial charge is 0.187 e. The molecule has 6 aromatic heterocycles. The van der Waals surface area contributed by atoms with Gasteiger partial charge >= 0.3 is 0 Å². The minimum Gasteiger partial charge on any atom is -0.495 e. The first-order valence-electron chi connectivity index (χ1n) is 24.8. The first-order chi connectivity index (χ1) is 37.3. The van der Waals surface area contributed by atoms with Crippen LogP contribution in [0.5, 0.6) is 11.5 Å². The standard InChI is InChI=1S/2C27H32N6O5S/c2*1-17-14-28-26(29-15-17)25(38-13-12-34)20(4)39(35,36)16-23-31-32-27(21-10-7-9-19(3)30-21)33(23)24-18(2)8-6-11-22(24)37-5/h2*6-11,14-15,20,25,34H,12-13,16H2,1-5H3/t2*20-,25-/m10/s1. The lowest BCUT2D eigenvalue weighted by Crippen LogP contribution is -2.31. The molecule has 0 amide bonds. The Labute approximate surface area is 453 Å². The number of benzene rings is 2. The number of sulfone groups is 2. The molecule has 2 aromatic carbocycles. The van der Waals surface area contributed by atoms with E-state index in [0.717, 1.165) is 33.6 Å². The van der Waals surface area contributed by atoms with Crippen molar-refractivity contribution < 1.29 is 46.0 Å². The molecule has 0 radical (unpaired) electrons. The molecule has 0 aliphatic rings. The SMILES string of the molecule is COc1cccc(C)c1-n1c(CS(=O)(=O)[C@@H](C)[C@H](OCCO)c2ncc(C)cn2)nnc1-c1cccc(C)n1.COc1cccc(C)c1-n1c(CS(=O)(=O)[C@H](C)[C@@H](OCCO)c2ncc(C)cn2)nnc1-c1cccc(C)n1. The number of pyridine rings is 2. The van der Waals surface area contributed by atoms with Gasteiger partial charge in [0.15, 0.2) is 54.6 Å². The van der Waals surface area contributed by atoms with Crippen LogP contribution in [0.3, 0.4) is 0 Å². The van der Waals surface area contributed by atoms with E-state index in [0.29, 0.717) is 45.9 Å². The van der Waals surface area contributed by atoms with Crippen LogP contribution in [-0.2, 0) is 40.7 Å². The summed E-state index contributed by atoms with van der Waals surface area (Å²) in [6.07, 6.45) is 4.39. The minimum absolute atomic E-state index is 0.0679. The molecule has 0 aliphatic carbocycles. The Balaban J connectivity index is 0.000000226. The molecule has 4 atom stereocenters. The molecular weight excluding hydrogens is 1040 g/mol. The summed E-state index contributed by atoms with van der Waals surface area (Å²) in [6, 6.07) is 22.2. The Morgan fingerprint density at radius 1 is 0.513 bits per heavy atom. The molecule has 0 bridgehead atoms. The Morgan fingerprint density at radius 3 is 1.21 bits per heavy atom. The van der Waals surface area contributed by atoms with Crippen molar-refractivity contribution in [2.24, 2.45) is 0 Å². The third-order valence-electron chi connectivity index (χ3n) is 12.5. The van der Waals surface area contributed by atoms with Crippen molar-refractivity contribution in [3.63, 3.8) is 0 Å². The largest absolute Gasteiger partial charge is 0.495 e. The third kappa shape index (κ3) is 13.4. The molecule has 8 rings (SSSR count). The van der Waals surface area contributed by atoms with Crippen LogP contribution in [0, 0.1) is 41.5 Å². The topological polar surface area (TPSA) is 284 Å². The molecule has 0 fully saturated rings. The van der Waals surface area contributed by atoms with Crippen molar-refractivity contribution in [1.82, 2.24) is 59.4 Å². The Morgan fingerprint density at radius 2 is 0.872 bits per heavy atom. The summed E-state index contributed by atoms with van der Waals surface area (Å²) in [6.45, 7) is 13.6. The lowest BCUT2D eigenvalue weighted by atomic mass is 10.1. The first kappa shape index (κ1) is 58.2. The van der Waals surface area contributed by atoms with Crippen molar-refractivity contribution >= 4 is 19.7 Å². The number of rotatable bonds is 22. The van der Waals surface area contributed by atoms with Gasteiger partial charge in [0.25, 0.3) is 0 Å². The van der Waals surface area contributed by atoms with E-state index in [2.05, 4.69) is 50.3 Å². The number of hydrogen-bond donors (Lipinski definition) is 2. The van der Waals surface area contributed by atoms with Gasteiger partial charge in [0.1, 0.15) is 46.6 Å². The summed E-state index contributed by atoms with van der Waals surface area (Å²) in [7, 11) is -4.72. The fourth-order valence-corrected chi connectivity index (χ4v) is 11.2. The fraction of sp³-hybridized carbons (Fsp3) is 0.370. The van der Waals surface area contributed by atoms with Crippen molar-refractivity contribution in [2.45, 2.75) is 89.6 Å². The number of ether oxygens (including phenoxy) is 4. The van der Waals surface area contributed by atoms with E-state index >= 15 is 0 Å². The van der Waals surface area contributed by atoms with Crippen LogP contribution in [-0.4, -0.2) is 138 Å². The predicted octanol–water partition coefficient (Wildman–Crippen LogP) is 6.21. The second-order valence-electron chi connectivity index (χ2n) is 18.4. The Hall–Kier alpha value is -7.48. The van der Waals surface area contributed by atoms with Gasteiger partial charge in [-0.05, 0) is 114 Å². The van der Waals surface area contributed by atoms with Crippen molar-refractivity contribution in [3.05, 3.63) is 155 Å². The lowest BCUT2D eigenvalue weighted by molar-refractivity contribution is 0.0226. The van der Waals surface area contributed by atoms with Crippen molar-refractivity contribution in [3.8, 4) is 45.9 Å². The molecule has 78 heavy (non-hydrogen) atoms. The second kappa shape index (κ2) is 25.8. The van der Waals surface area contributed by atoms with Crippen LogP contribution in [0.4, 0.5) is 0 Å². The van der Waals surface area contributed by atoms with E-state index in [1.165, 1.54) is 0 Å². The van der Waals surface area contributed by atoms with Gasteiger partial charge in [-0.1, -0.05) is 36.4 Å². The van der Waals surface area contributed by atoms with Crippen LogP contribution in [0.2, 0.25) is 0 Å². The van der Waals surface area contributed by atoms with E-state index in [9.17, 15) is 27.0 Å². The summed E-state index contributed by atoms with van der Waals surface area (Å²) in [5.74, 6) is 1.77. The van der Waals surface area contributed by atoms with Crippen LogP contribution < -0.4 is 9.47 Å². The van der Waals surface area contributed by atoms with Gasteiger partial charge in [0.05, 0.1) is 62.5 Å².